The van der Waals surface area contributed by atoms with Gasteiger partial charge in [-0.25, -0.2) is 0 Å². The van der Waals surface area contributed by atoms with Crippen LogP contribution in [0, 0.1) is 0 Å². The summed E-state index contributed by atoms with van der Waals surface area (Å²) in [6.45, 7) is -0.355. The Bertz CT molecular complexity index is 79.4. The minimum atomic E-state index is -0.852. The van der Waals surface area contributed by atoms with Gasteiger partial charge in [0.25, 0.3) is 0 Å². The number of methoxy groups -OCH3 is 1. The van der Waals surface area contributed by atoms with Crippen molar-refractivity contribution in [3.63, 3.8) is 0 Å². The van der Waals surface area contributed by atoms with E-state index in [1.54, 1.807) is 0 Å². The minimum absolute atomic E-state index is 0.355. The van der Waals surface area contributed by atoms with Crippen LogP contribution in [0.2, 0.25) is 0 Å². The highest BCUT2D eigenvalue weighted by molar-refractivity contribution is 5.78. The second-order valence-electron chi connectivity index (χ2n) is 1.31. The summed E-state index contributed by atoms with van der Waals surface area (Å²) in [5.41, 5.74) is 4.73. The first-order chi connectivity index (χ1) is 3.72. The molecule has 0 saturated heterocycles. The molecule has 0 aliphatic carbocycles. The van der Waals surface area contributed by atoms with E-state index in [0.29, 0.717) is 0 Å². The second-order valence-corrected chi connectivity index (χ2v) is 1.31. The summed E-state index contributed by atoms with van der Waals surface area (Å²) in [5.74, 6) is -0.644. The van der Waals surface area contributed by atoms with E-state index in [1.165, 1.54) is 7.11 Å². The lowest BCUT2D eigenvalue weighted by atomic mass is 10.4. The van der Waals surface area contributed by atoms with Crippen LogP contribution in [0.25, 0.3) is 0 Å². The van der Waals surface area contributed by atoms with Gasteiger partial charge in [0.15, 0.2) is 6.10 Å². The zero-order valence-electron chi connectivity index (χ0n) is 4.63. The van der Waals surface area contributed by atoms with Crippen LogP contribution in [0.1, 0.15) is 0 Å². The summed E-state index contributed by atoms with van der Waals surface area (Å²) < 4.78 is 4.44. The molecule has 0 aliphatic heterocycles. The molecule has 0 rings (SSSR count). The average molecular weight is 119 g/mol. The third-order valence-corrected chi connectivity index (χ3v) is 0.768. The van der Waals surface area contributed by atoms with Crippen molar-refractivity contribution in [2.45, 2.75) is 6.10 Å². The highest BCUT2D eigenvalue weighted by Gasteiger charge is 2.10. The van der Waals surface area contributed by atoms with Crippen molar-refractivity contribution in [2.75, 3.05) is 13.7 Å². The Morgan fingerprint density at radius 1 is 2.00 bits per heavy atom. The summed E-state index contributed by atoms with van der Waals surface area (Å²) in [4.78, 5) is 10.1. The molecule has 0 fully saturated rings. The van der Waals surface area contributed by atoms with E-state index in [0.717, 1.165) is 0 Å². The van der Waals surface area contributed by atoms with Gasteiger partial charge in [0.1, 0.15) is 0 Å². The van der Waals surface area contributed by atoms with E-state index in [-0.39, 0.29) is 6.61 Å². The number of aliphatic hydroxyl groups excluding tert-OH is 1. The van der Waals surface area contributed by atoms with E-state index in [4.69, 9.17) is 10.8 Å². The highest BCUT2D eigenvalue weighted by Crippen LogP contribution is 1.83. The molecular weight excluding hydrogens is 110 g/mol. The molecule has 0 aromatic rings. The van der Waals surface area contributed by atoms with Gasteiger partial charge in [0.2, 0.25) is 5.91 Å². The zero-order chi connectivity index (χ0) is 6.57. The number of amides is 1. The van der Waals surface area contributed by atoms with Crippen molar-refractivity contribution in [2.24, 2.45) is 5.73 Å². The minimum Gasteiger partial charge on any atom is -0.393 e. The Labute approximate surface area is 47.2 Å². The first-order valence-electron chi connectivity index (χ1n) is 2.15. The van der Waals surface area contributed by atoms with E-state index < -0.39 is 12.0 Å². The molecule has 0 aliphatic rings. The Kier molecular flexibility index (Phi) is 3.14. The number of hydrogen-bond acceptors (Lipinski definition) is 3. The quantitative estimate of drug-likeness (QED) is 0.474. The molecule has 4 nitrogen and oxygen atoms in total. The number of primary amides is 1. The van der Waals surface area contributed by atoms with Crippen molar-refractivity contribution in [1.82, 2.24) is 0 Å². The van der Waals surface area contributed by atoms with Crippen LogP contribution in [-0.2, 0) is 9.53 Å². The summed E-state index contributed by atoms with van der Waals surface area (Å²) >= 11 is 0. The van der Waals surface area contributed by atoms with Crippen LogP contribution < -0.4 is 5.73 Å². The fourth-order valence-electron chi connectivity index (χ4n) is 0.281. The summed E-state index contributed by atoms with van der Waals surface area (Å²) in [5, 5.41) is 8.27. The number of aliphatic hydroxyl groups is 1. The first kappa shape index (κ1) is 7.39. The van der Waals surface area contributed by atoms with Gasteiger partial charge in [-0.1, -0.05) is 0 Å². The van der Waals surface area contributed by atoms with Gasteiger partial charge < -0.3 is 15.6 Å². The molecule has 0 aromatic heterocycles. The lowest BCUT2D eigenvalue weighted by Crippen LogP contribution is -2.33. The van der Waals surface area contributed by atoms with Crippen LogP contribution in [-0.4, -0.2) is 30.8 Å². The van der Waals surface area contributed by atoms with Gasteiger partial charge in [-0.3, -0.25) is 4.79 Å². The zero-order valence-corrected chi connectivity index (χ0v) is 4.63. The number of carbonyl (C=O) groups excluding carboxylic acids is 1. The fourth-order valence-corrected chi connectivity index (χ4v) is 0.281. The third-order valence-electron chi connectivity index (χ3n) is 0.768. The molecule has 0 heterocycles. The SMILES string of the molecule is CO[C@@H](CO)C(N)=O. The summed E-state index contributed by atoms with van der Waals surface area (Å²) in [7, 11) is 1.31. The predicted molar refractivity (Wildman–Crippen MR) is 27.1 cm³/mol. The van der Waals surface area contributed by atoms with Crippen molar-refractivity contribution in [1.29, 1.82) is 0 Å². The standard InChI is InChI=1S/C4H9NO3/c1-8-3(2-6)4(5)7/h3,6H,2H2,1H3,(H2,5,7)/t3-/m0/s1. The number of ether oxygens (including phenoxy) is 1. The van der Waals surface area contributed by atoms with Crippen molar-refractivity contribution in [3.8, 4) is 0 Å². The van der Waals surface area contributed by atoms with Gasteiger partial charge in [-0.2, -0.15) is 0 Å². The molecule has 0 unspecified atom stereocenters. The van der Waals surface area contributed by atoms with Crippen molar-refractivity contribution in [3.05, 3.63) is 0 Å². The number of rotatable bonds is 3. The molecule has 1 atom stereocenters. The predicted octanol–water partition coefficient (Wildman–Crippen LogP) is -1.52. The molecule has 0 bridgehead atoms. The molecule has 8 heavy (non-hydrogen) atoms. The fraction of sp³-hybridized carbons (Fsp3) is 0.750. The summed E-state index contributed by atoms with van der Waals surface area (Å²) in [6, 6.07) is 0. The number of hydrogen-bond donors (Lipinski definition) is 2. The average Bonchev–Trinajstić information content (AvgIpc) is 1.69. The van der Waals surface area contributed by atoms with Gasteiger partial charge in [0, 0.05) is 7.11 Å². The molecule has 0 radical (unpaired) electrons. The van der Waals surface area contributed by atoms with Crippen LogP contribution in [0.5, 0.6) is 0 Å². The number of carbonyl (C=O) groups is 1. The topological polar surface area (TPSA) is 72.6 Å². The lowest BCUT2D eigenvalue weighted by molar-refractivity contribution is -0.129. The third kappa shape index (κ3) is 1.90. The Morgan fingerprint density at radius 3 is 2.50 bits per heavy atom. The van der Waals surface area contributed by atoms with Gasteiger partial charge in [-0.05, 0) is 0 Å². The van der Waals surface area contributed by atoms with Crippen molar-refractivity contribution < 1.29 is 14.6 Å². The molecule has 3 N–H and O–H groups in total. The molecular formula is C4H9NO3. The van der Waals surface area contributed by atoms with Crippen LogP contribution in [0.15, 0.2) is 0 Å². The van der Waals surface area contributed by atoms with Gasteiger partial charge in [-0.15, -0.1) is 0 Å². The van der Waals surface area contributed by atoms with Crippen molar-refractivity contribution >= 4 is 5.91 Å². The van der Waals surface area contributed by atoms with E-state index in [2.05, 4.69) is 4.74 Å². The second kappa shape index (κ2) is 3.40. The van der Waals surface area contributed by atoms with E-state index in [1.807, 2.05) is 0 Å². The van der Waals surface area contributed by atoms with Crippen LogP contribution >= 0.6 is 0 Å². The molecule has 0 saturated carbocycles. The normalized spacial score (nSPS) is 13.2. The summed E-state index contributed by atoms with van der Waals surface area (Å²) in [6.07, 6.45) is -0.852. The monoisotopic (exact) mass is 119 g/mol. The maximum absolute atomic E-state index is 10.1. The van der Waals surface area contributed by atoms with E-state index in [9.17, 15) is 4.79 Å². The molecule has 4 heteroatoms. The Hall–Kier alpha value is -0.610. The number of nitrogens with two attached hydrogens (primary N) is 1. The van der Waals surface area contributed by atoms with Gasteiger partial charge in [0.05, 0.1) is 6.61 Å². The maximum atomic E-state index is 10.1. The molecule has 1 amide bonds. The molecule has 48 valence electrons. The Morgan fingerprint density at radius 2 is 2.50 bits per heavy atom. The highest BCUT2D eigenvalue weighted by atomic mass is 16.5. The van der Waals surface area contributed by atoms with E-state index >= 15 is 0 Å². The maximum Gasteiger partial charge on any atom is 0.248 e. The lowest BCUT2D eigenvalue weighted by Gasteiger charge is -2.04. The van der Waals surface area contributed by atoms with Crippen LogP contribution in [0.4, 0.5) is 0 Å². The first-order valence-corrected chi connectivity index (χ1v) is 2.15. The smallest absolute Gasteiger partial charge is 0.248 e. The molecule has 0 aromatic carbocycles. The molecule has 0 spiro atoms. The largest absolute Gasteiger partial charge is 0.393 e. The van der Waals surface area contributed by atoms with Crippen LogP contribution in [0.3, 0.4) is 0 Å². The Balaban J connectivity index is 3.52. The van der Waals surface area contributed by atoms with Gasteiger partial charge >= 0.3 is 0 Å².